The Hall–Kier alpha value is -2.28. The van der Waals surface area contributed by atoms with Crippen molar-refractivity contribution in [1.29, 1.82) is 0 Å². The summed E-state index contributed by atoms with van der Waals surface area (Å²) in [6, 6.07) is 9.64. The summed E-state index contributed by atoms with van der Waals surface area (Å²) in [4.78, 5) is 13.7. The Kier molecular flexibility index (Phi) is 4.64. The zero-order chi connectivity index (χ0) is 15.3. The molecule has 0 saturated heterocycles. The predicted octanol–water partition coefficient (Wildman–Crippen LogP) is 1.07. The number of rotatable bonds is 6. The fourth-order valence-electron chi connectivity index (χ4n) is 1.94. The number of ether oxygens (including phenoxy) is 1. The van der Waals surface area contributed by atoms with Crippen LogP contribution in [0.5, 0.6) is 5.75 Å². The topological polar surface area (TPSA) is 98.5 Å². The molecule has 1 aliphatic rings. The lowest BCUT2D eigenvalue weighted by Crippen LogP contribution is -2.53. The first-order chi connectivity index (χ1) is 9.99. The van der Waals surface area contributed by atoms with Gasteiger partial charge in [-0.05, 0) is 26.0 Å². The summed E-state index contributed by atoms with van der Waals surface area (Å²) in [7, 11) is 0. The van der Waals surface area contributed by atoms with Crippen molar-refractivity contribution in [1.82, 2.24) is 5.06 Å². The zero-order valence-corrected chi connectivity index (χ0v) is 12.3. The first-order valence-electron chi connectivity index (χ1n) is 6.79. The standard InChI is InChI=1S/C14H21N5O2/c1-14(2)18-12(15)17-13(16)19(14)21-10-6-9-20-11-7-4-3-5-8-11/h3-5,7-8H,6,9-10H2,1-2H3,(H4,15,16,17,18). The van der Waals surface area contributed by atoms with Crippen LogP contribution in [0.2, 0.25) is 0 Å². The van der Waals surface area contributed by atoms with E-state index in [0.717, 1.165) is 5.75 Å². The molecule has 1 heterocycles. The summed E-state index contributed by atoms with van der Waals surface area (Å²) in [6.07, 6.45) is 0.716. The van der Waals surface area contributed by atoms with Crippen molar-refractivity contribution in [3.8, 4) is 5.75 Å². The minimum atomic E-state index is -0.670. The lowest BCUT2D eigenvalue weighted by Gasteiger charge is -2.36. The van der Waals surface area contributed by atoms with Crippen molar-refractivity contribution < 1.29 is 9.57 Å². The maximum Gasteiger partial charge on any atom is 0.226 e. The Labute approximate surface area is 124 Å². The molecule has 1 aromatic rings. The van der Waals surface area contributed by atoms with Gasteiger partial charge in [-0.1, -0.05) is 18.2 Å². The van der Waals surface area contributed by atoms with E-state index in [-0.39, 0.29) is 11.9 Å². The number of nitrogens with two attached hydrogens (primary N) is 2. The number of hydrogen-bond acceptors (Lipinski definition) is 7. The van der Waals surface area contributed by atoms with E-state index in [2.05, 4.69) is 9.98 Å². The highest BCUT2D eigenvalue weighted by molar-refractivity contribution is 5.95. The minimum absolute atomic E-state index is 0.157. The monoisotopic (exact) mass is 291 g/mol. The fourth-order valence-corrected chi connectivity index (χ4v) is 1.94. The van der Waals surface area contributed by atoms with Crippen LogP contribution in [0.15, 0.2) is 40.3 Å². The second kappa shape index (κ2) is 6.45. The van der Waals surface area contributed by atoms with Gasteiger partial charge in [0, 0.05) is 6.42 Å². The first kappa shape index (κ1) is 15.1. The van der Waals surface area contributed by atoms with Crippen molar-refractivity contribution >= 4 is 11.9 Å². The predicted molar refractivity (Wildman–Crippen MR) is 81.7 cm³/mol. The second-order valence-corrected chi connectivity index (χ2v) is 5.08. The average Bonchev–Trinajstić information content (AvgIpc) is 2.41. The van der Waals surface area contributed by atoms with Crippen molar-refractivity contribution in [3.63, 3.8) is 0 Å². The third-order valence-electron chi connectivity index (χ3n) is 2.84. The zero-order valence-electron chi connectivity index (χ0n) is 12.3. The molecule has 1 aliphatic heterocycles. The van der Waals surface area contributed by atoms with Crippen LogP contribution < -0.4 is 16.2 Å². The van der Waals surface area contributed by atoms with Crippen molar-refractivity contribution in [3.05, 3.63) is 30.3 Å². The Morgan fingerprint density at radius 2 is 1.86 bits per heavy atom. The van der Waals surface area contributed by atoms with Crippen LogP contribution in [0, 0.1) is 0 Å². The smallest absolute Gasteiger partial charge is 0.226 e. The van der Waals surface area contributed by atoms with E-state index >= 15 is 0 Å². The minimum Gasteiger partial charge on any atom is -0.494 e. The van der Waals surface area contributed by atoms with Gasteiger partial charge in [-0.25, -0.2) is 4.99 Å². The van der Waals surface area contributed by atoms with E-state index in [1.165, 1.54) is 5.06 Å². The number of benzene rings is 1. The molecular formula is C14H21N5O2. The van der Waals surface area contributed by atoms with E-state index in [1.54, 1.807) is 0 Å². The van der Waals surface area contributed by atoms with Crippen molar-refractivity contribution in [2.75, 3.05) is 13.2 Å². The van der Waals surface area contributed by atoms with E-state index in [4.69, 9.17) is 21.0 Å². The lowest BCUT2D eigenvalue weighted by molar-refractivity contribution is -0.158. The SMILES string of the molecule is CC1(C)N=C(N)N=C(N)N1OCCCOc1ccccc1. The molecule has 0 unspecified atom stereocenters. The van der Waals surface area contributed by atoms with Gasteiger partial charge in [0.15, 0.2) is 5.66 Å². The molecule has 0 fully saturated rings. The molecule has 0 spiro atoms. The molecule has 114 valence electrons. The first-order valence-corrected chi connectivity index (χ1v) is 6.79. The number of nitrogens with zero attached hydrogens (tertiary/aromatic N) is 3. The summed E-state index contributed by atoms with van der Waals surface area (Å²) in [5.74, 6) is 1.20. The molecule has 21 heavy (non-hydrogen) atoms. The van der Waals surface area contributed by atoms with Gasteiger partial charge in [0.25, 0.3) is 0 Å². The maximum absolute atomic E-state index is 5.81. The molecule has 0 radical (unpaired) electrons. The van der Waals surface area contributed by atoms with Crippen molar-refractivity contribution in [2.24, 2.45) is 21.5 Å². The molecule has 0 aliphatic carbocycles. The number of hydrogen-bond donors (Lipinski definition) is 2. The van der Waals surface area contributed by atoms with Crippen LogP contribution in [0.25, 0.3) is 0 Å². The number of hydroxylamine groups is 2. The van der Waals surface area contributed by atoms with Crippen LogP contribution in [0.3, 0.4) is 0 Å². The van der Waals surface area contributed by atoms with Crippen LogP contribution in [0.4, 0.5) is 0 Å². The Balaban J connectivity index is 1.75. The molecule has 0 amide bonds. The molecule has 7 nitrogen and oxygen atoms in total. The van der Waals surface area contributed by atoms with Gasteiger partial charge in [0.1, 0.15) is 5.75 Å². The molecular weight excluding hydrogens is 270 g/mol. The average molecular weight is 291 g/mol. The van der Waals surface area contributed by atoms with Gasteiger partial charge in [0.2, 0.25) is 11.9 Å². The molecule has 2 rings (SSSR count). The van der Waals surface area contributed by atoms with E-state index < -0.39 is 5.66 Å². The van der Waals surface area contributed by atoms with Gasteiger partial charge < -0.3 is 16.2 Å². The van der Waals surface area contributed by atoms with Gasteiger partial charge in [-0.2, -0.15) is 10.1 Å². The normalized spacial score (nSPS) is 17.1. The van der Waals surface area contributed by atoms with Crippen molar-refractivity contribution in [2.45, 2.75) is 25.9 Å². The lowest BCUT2D eigenvalue weighted by atomic mass is 10.2. The Morgan fingerprint density at radius 3 is 2.52 bits per heavy atom. The molecule has 0 saturated carbocycles. The Bertz CT molecular complexity index is 527. The summed E-state index contributed by atoms with van der Waals surface area (Å²) in [5.41, 5.74) is 10.7. The molecule has 4 N–H and O–H groups in total. The molecule has 0 aromatic heterocycles. The van der Waals surface area contributed by atoms with Crippen LogP contribution in [-0.4, -0.2) is 35.9 Å². The maximum atomic E-state index is 5.81. The van der Waals surface area contributed by atoms with Gasteiger partial charge in [-0.15, -0.1) is 0 Å². The molecule has 1 aromatic carbocycles. The van der Waals surface area contributed by atoms with Crippen LogP contribution in [-0.2, 0) is 4.84 Å². The van der Waals surface area contributed by atoms with E-state index in [0.29, 0.717) is 19.6 Å². The van der Waals surface area contributed by atoms with Gasteiger partial charge >= 0.3 is 0 Å². The third-order valence-corrected chi connectivity index (χ3v) is 2.84. The largest absolute Gasteiger partial charge is 0.494 e. The molecule has 0 bridgehead atoms. The highest BCUT2D eigenvalue weighted by Crippen LogP contribution is 2.19. The van der Waals surface area contributed by atoms with Gasteiger partial charge in [-0.3, -0.25) is 4.84 Å². The third kappa shape index (κ3) is 4.09. The number of para-hydroxylation sites is 1. The van der Waals surface area contributed by atoms with Gasteiger partial charge in [0.05, 0.1) is 13.2 Å². The molecule has 0 atom stereocenters. The summed E-state index contributed by atoms with van der Waals surface area (Å²) >= 11 is 0. The van der Waals surface area contributed by atoms with Crippen LogP contribution >= 0.6 is 0 Å². The summed E-state index contributed by atoms with van der Waals surface area (Å²) < 4.78 is 5.58. The molecule has 7 heteroatoms. The summed E-state index contributed by atoms with van der Waals surface area (Å²) in [6.45, 7) is 4.70. The quantitative estimate of drug-likeness (QED) is 0.764. The Morgan fingerprint density at radius 1 is 1.14 bits per heavy atom. The highest BCUT2D eigenvalue weighted by Gasteiger charge is 2.32. The van der Waals surface area contributed by atoms with E-state index in [1.807, 2.05) is 44.2 Å². The highest BCUT2D eigenvalue weighted by atomic mass is 16.7. The number of guanidine groups is 2. The number of aliphatic imine (C=N–C) groups is 2. The second-order valence-electron chi connectivity index (χ2n) is 5.08. The van der Waals surface area contributed by atoms with Crippen LogP contribution in [0.1, 0.15) is 20.3 Å². The van der Waals surface area contributed by atoms with E-state index in [9.17, 15) is 0 Å². The fraction of sp³-hybridized carbons (Fsp3) is 0.429. The summed E-state index contributed by atoms with van der Waals surface area (Å²) in [5, 5.41) is 1.46.